The highest BCUT2D eigenvalue weighted by Gasteiger charge is 2.18. The summed E-state index contributed by atoms with van der Waals surface area (Å²) in [6, 6.07) is 11.5. The van der Waals surface area contributed by atoms with Crippen LogP contribution in [-0.4, -0.2) is 0 Å². The molecule has 0 radical (unpaired) electrons. The standard InChI is InChI=1S/C40H28/c1-2-28-29-16-7-6-15-27(29)25-38-30-21-12-22-33(32(30)24-23-31(28)38)40-36-19-10-8-17-34(36)39(26-13-4-3-5-14-26)35-18-9-11-20-37(35)40/h3-25H,2H2,1H3/i3D,4D,5D,8D,9D,10D,11D,13D,14D,17D,18D,19D,20D. The van der Waals surface area contributed by atoms with E-state index in [-0.39, 0.29) is 32.7 Å². The summed E-state index contributed by atoms with van der Waals surface area (Å²) in [6.07, 6.45) is 0.767. The van der Waals surface area contributed by atoms with Gasteiger partial charge in [-0.2, -0.15) is 0 Å². The zero-order valence-electron chi connectivity index (χ0n) is 34.5. The van der Waals surface area contributed by atoms with Gasteiger partial charge in [0, 0.05) is 0 Å². The first-order valence-corrected chi connectivity index (χ1v) is 13.1. The molecule has 8 rings (SSSR count). The predicted molar refractivity (Wildman–Crippen MR) is 174 cm³/mol. The molecule has 0 N–H and O–H groups in total. The minimum absolute atomic E-state index is 0.101. The van der Waals surface area contributed by atoms with Gasteiger partial charge in [0.2, 0.25) is 0 Å². The fraction of sp³-hybridized carbons (Fsp3) is 0.0500. The van der Waals surface area contributed by atoms with Crippen molar-refractivity contribution in [2.24, 2.45) is 0 Å². The van der Waals surface area contributed by atoms with E-state index in [0.29, 0.717) is 10.9 Å². The van der Waals surface area contributed by atoms with E-state index in [4.69, 9.17) is 12.3 Å². The van der Waals surface area contributed by atoms with Crippen LogP contribution >= 0.6 is 0 Å². The normalized spacial score (nSPS) is 16.3. The molecule has 0 amide bonds. The Hall–Kier alpha value is -4.94. The lowest BCUT2D eigenvalue weighted by Crippen LogP contribution is -1.92. The predicted octanol–water partition coefficient (Wildman–Crippen LogP) is 11.3. The first kappa shape index (κ1) is 13.4. The average Bonchev–Trinajstić information content (AvgIpc) is 3.17. The van der Waals surface area contributed by atoms with Crippen LogP contribution in [0, 0.1) is 0 Å². The van der Waals surface area contributed by atoms with Crippen LogP contribution in [0.15, 0.2) is 139 Å². The molecule has 0 fully saturated rings. The Morgan fingerprint density at radius 3 is 1.77 bits per heavy atom. The van der Waals surface area contributed by atoms with Gasteiger partial charge in [-0.3, -0.25) is 0 Å². The highest BCUT2D eigenvalue weighted by atomic mass is 14.2. The van der Waals surface area contributed by atoms with Crippen molar-refractivity contribution in [3.8, 4) is 22.3 Å². The van der Waals surface area contributed by atoms with Crippen LogP contribution in [0.1, 0.15) is 30.3 Å². The topological polar surface area (TPSA) is 0 Å². The number of benzene rings is 8. The van der Waals surface area contributed by atoms with E-state index in [1.807, 2.05) is 36.4 Å². The van der Waals surface area contributed by atoms with Crippen LogP contribution in [-0.2, 0) is 6.42 Å². The molecule has 0 aliphatic rings. The van der Waals surface area contributed by atoms with Crippen molar-refractivity contribution < 1.29 is 17.8 Å². The molecule has 0 aliphatic heterocycles. The lowest BCUT2D eigenvalue weighted by Gasteiger charge is -2.19. The second-order valence-electron chi connectivity index (χ2n) is 9.74. The third-order valence-electron chi connectivity index (χ3n) is 7.76. The lowest BCUT2D eigenvalue weighted by atomic mass is 9.84. The molecule has 8 aromatic rings. The Morgan fingerprint density at radius 2 is 1.07 bits per heavy atom. The fourth-order valence-electron chi connectivity index (χ4n) is 6.12. The number of hydrogen-bond donors (Lipinski definition) is 0. The molecule has 0 saturated carbocycles. The van der Waals surface area contributed by atoms with Gasteiger partial charge in [-0.05, 0) is 94.2 Å². The average molecular weight is 522 g/mol. The summed E-state index contributed by atoms with van der Waals surface area (Å²) in [7, 11) is 0. The second kappa shape index (κ2) is 9.07. The number of aryl methyl sites for hydroxylation is 1. The third-order valence-corrected chi connectivity index (χ3v) is 7.76. The second-order valence-corrected chi connectivity index (χ2v) is 9.74. The largest absolute Gasteiger partial charge is 0.0629 e. The molecule has 0 saturated heterocycles. The minimum atomic E-state index is -0.701. The van der Waals surface area contributed by atoms with E-state index in [9.17, 15) is 5.48 Å². The summed E-state index contributed by atoms with van der Waals surface area (Å²) in [5, 5.41) is 4.97. The van der Waals surface area contributed by atoms with Crippen molar-refractivity contribution in [1.82, 2.24) is 0 Å². The van der Waals surface area contributed by atoms with Crippen molar-refractivity contribution in [3.63, 3.8) is 0 Å². The maximum absolute atomic E-state index is 9.30. The van der Waals surface area contributed by atoms with Gasteiger partial charge in [0.05, 0.1) is 17.8 Å². The molecular formula is C40H28. The Balaban J connectivity index is 1.69. The smallest absolute Gasteiger partial charge is 0.0622 e. The lowest BCUT2D eigenvalue weighted by molar-refractivity contribution is 1.18. The van der Waals surface area contributed by atoms with Gasteiger partial charge in [-0.15, -0.1) is 0 Å². The van der Waals surface area contributed by atoms with E-state index in [1.54, 1.807) is 12.1 Å². The number of fused-ring (bicyclic) bond motifs is 6. The molecule has 0 nitrogen and oxygen atoms in total. The molecule has 0 spiro atoms. The summed E-state index contributed by atoms with van der Waals surface area (Å²) < 4.78 is 115. The zero-order chi connectivity index (χ0) is 37.9. The van der Waals surface area contributed by atoms with Gasteiger partial charge >= 0.3 is 0 Å². The van der Waals surface area contributed by atoms with Gasteiger partial charge in [0.1, 0.15) is 0 Å². The number of hydrogen-bond acceptors (Lipinski definition) is 0. The molecule has 8 aromatic carbocycles. The summed E-state index contributed by atoms with van der Waals surface area (Å²) in [5.74, 6) is 0. The van der Waals surface area contributed by atoms with Crippen LogP contribution in [0.5, 0.6) is 0 Å². The molecular weight excluding hydrogens is 480 g/mol. The summed E-state index contributed by atoms with van der Waals surface area (Å²) >= 11 is 0. The first-order chi connectivity index (χ1) is 25.2. The van der Waals surface area contributed by atoms with E-state index in [2.05, 4.69) is 19.1 Å². The van der Waals surface area contributed by atoms with Crippen molar-refractivity contribution in [2.45, 2.75) is 13.3 Å². The quantitative estimate of drug-likeness (QED) is 0.160. The summed E-state index contributed by atoms with van der Waals surface area (Å²) in [4.78, 5) is 0. The first-order valence-electron chi connectivity index (χ1n) is 19.6. The van der Waals surface area contributed by atoms with E-state index in [1.165, 1.54) is 0 Å². The molecule has 0 atom stereocenters. The van der Waals surface area contributed by atoms with Crippen LogP contribution in [0.25, 0.3) is 76.1 Å². The van der Waals surface area contributed by atoms with Gasteiger partial charge in [-0.25, -0.2) is 0 Å². The van der Waals surface area contributed by atoms with Crippen LogP contribution < -0.4 is 0 Å². The van der Waals surface area contributed by atoms with Crippen molar-refractivity contribution >= 4 is 53.9 Å². The monoisotopic (exact) mass is 521 g/mol. The molecule has 0 aliphatic carbocycles. The zero-order valence-corrected chi connectivity index (χ0v) is 21.5. The highest BCUT2D eigenvalue weighted by molar-refractivity contribution is 6.25. The van der Waals surface area contributed by atoms with Gasteiger partial charge in [0.15, 0.2) is 0 Å². The molecule has 40 heavy (non-hydrogen) atoms. The van der Waals surface area contributed by atoms with E-state index >= 15 is 0 Å². The fourth-order valence-corrected chi connectivity index (χ4v) is 6.12. The van der Waals surface area contributed by atoms with Crippen molar-refractivity contribution in [2.75, 3.05) is 0 Å². The van der Waals surface area contributed by atoms with E-state index < -0.39 is 84.1 Å². The third kappa shape index (κ3) is 3.33. The molecule has 0 unspecified atom stereocenters. The SMILES string of the molecule is [2H]c1c([2H])c([2H])c(-c2c3c([2H])c([2H])c([2H])c([2H])c3c(-c3cccc4c3ccc3c(CC)c5ccccc5cc34)c3c([2H])c([2H])c([2H])c([2H])c23)c([2H])c1[2H]. The highest BCUT2D eigenvalue weighted by Crippen LogP contribution is 2.46. The maximum atomic E-state index is 9.30. The Labute approximate surface area is 252 Å². The summed E-state index contributed by atoms with van der Waals surface area (Å²) in [5.41, 5.74) is 0.988. The minimum Gasteiger partial charge on any atom is -0.0622 e. The molecule has 0 aromatic heterocycles. The van der Waals surface area contributed by atoms with Gasteiger partial charge in [-0.1, -0.05) is 140 Å². The molecule has 188 valence electrons. The van der Waals surface area contributed by atoms with Crippen molar-refractivity contribution in [3.05, 3.63) is 145 Å². The van der Waals surface area contributed by atoms with Crippen LogP contribution in [0.2, 0.25) is 0 Å². The molecule has 0 heteroatoms. The van der Waals surface area contributed by atoms with Crippen molar-refractivity contribution in [1.29, 1.82) is 0 Å². The molecule has 0 heterocycles. The Bertz CT molecular complexity index is 2860. The van der Waals surface area contributed by atoms with Gasteiger partial charge < -0.3 is 0 Å². The van der Waals surface area contributed by atoms with E-state index in [0.717, 1.165) is 38.9 Å². The van der Waals surface area contributed by atoms with Crippen LogP contribution in [0.4, 0.5) is 0 Å². The maximum Gasteiger partial charge on any atom is 0.0629 e. The molecule has 0 bridgehead atoms. The van der Waals surface area contributed by atoms with Gasteiger partial charge in [0.25, 0.3) is 0 Å². The summed E-state index contributed by atoms with van der Waals surface area (Å²) in [6.45, 7) is 2.09. The number of rotatable bonds is 3. The Kier molecular flexibility index (Phi) is 3.04. The van der Waals surface area contributed by atoms with Crippen LogP contribution in [0.3, 0.4) is 0 Å². The Morgan fingerprint density at radius 1 is 0.475 bits per heavy atom.